The molecule has 0 spiro atoms. The van der Waals surface area contributed by atoms with Gasteiger partial charge in [-0.15, -0.1) is 11.8 Å². The zero-order chi connectivity index (χ0) is 19.9. The van der Waals surface area contributed by atoms with Crippen LogP contribution < -0.4 is 0 Å². The fourth-order valence-corrected chi connectivity index (χ4v) is 3.81. The van der Waals surface area contributed by atoms with Crippen LogP contribution in [0.15, 0.2) is 71.6 Å². The number of aromatic nitrogens is 1. The van der Waals surface area contributed by atoms with E-state index < -0.39 is 5.60 Å². The second kappa shape index (κ2) is 7.15. The van der Waals surface area contributed by atoms with Crippen LogP contribution in [0.2, 0.25) is 0 Å². The predicted octanol–water partition coefficient (Wildman–Crippen LogP) is 4.64. The first-order chi connectivity index (χ1) is 13.4. The number of benzene rings is 1. The Bertz CT molecular complexity index is 984. The summed E-state index contributed by atoms with van der Waals surface area (Å²) in [5.74, 6) is 1.78. The van der Waals surface area contributed by atoms with Gasteiger partial charge in [-0.05, 0) is 62.1 Å². The van der Waals surface area contributed by atoms with Crippen molar-refractivity contribution >= 4 is 23.1 Å². The third-order valence-corrected chi connectivity index (χ3v) is 5.79. The number of nitrogens with zero attached hydrogens (tertiary/aromatic N) is 2. The molecule has 0 radical (unpaired) electrons. The van der Waals surface area contributed by atoms with E-state index in [2.05, 4.69) is 58.8 Å². The summed E-state index contributed by atoms with van der Waals surface area (Å²) in [5.41, 5.74) is 2.72. The molecule has 1 aromatic carbocycles. The highest BCUT2D eigenvalue weighted by molar-refractivity contribution is 7.98. The Morgan fingerprint density at radius 1 is 1.14 bits per heavy atom. The second-order valence-corrected chi connectivity index (χ2v) is 8.43. The summed E-state index contributed by atoms with van der Waals surface area (Å²) in [4.78, 5) is 7.69. The number of allylic oxidation sites excluding steroid dienone is 2. The van der Waals surface area contributed by atoms with Gasteiger partial charge in [-0.3, -0.25) is 4.98 Å². The number of thioether (sulfide) groups is 1. The van der Waals surface area contributed by atoms with Crippen molar-refractivity contribution in [3.05, 3.63) is 83.5 Å². The highest BCUT2D eigenvalue weighted by Crippen LogP contribution is 2.39. The summed E-state index contributed by atoms with van der Waals surface area (Å²) in [6.45, 7) is 3.49. The van der Waals surface area contributed by atoms with E-state index in [0.717, 1.165) is 28.2 Å². The second-order valence-electron chi connectivity index (χ2n) is 7.55. The Labute approximate surface area is 170 Å². The van der Waals surface area contributed by atoms with Gasteiger partial charge in [0.15, 0.2) is 0 Å². The van der Waals surface area contributed by atoms with Crippen LogP contribution in [-0.4, -0.2) is 34.3 Å². The van der Waals surface area contributed by atoms with Crippen LogP contribution in [0.1, 0.15) is 30.7 Å². The first kappa shape index (κ1) is 18.8. The van der Waals surface area contributed by atoms with Crippen LogP contribution in [0.5, 0.6) is 0 Å². The summed E-state index contributed by atoms with van der Waals surface area (Å²) in [7, 11) is 2.05. The number of likely N-dealkylation sites (N-methyl/N-ethyl adjacent to an activating group) is 1. The molecule has 1 N–H and O–H groups in total. The molecule has 2 aromatic rings. The minimum atomic E-state index is -0.991. The maximum absolute atomic E-state index is 10.3. The molecule has 0 saturated carbocycles. The molecule has 28 heavy (non-hydrogen) atoms. The normalized spacial score (nSPS) is 18.8. The van der Waals surface area contributed by atoms with E-state index in [1.165, 1.54) is 4.90 Å². The van der Waals surface area contributed by atoms with Crippen LogP contribution in [0.3, 0.4) is 0 Å². The van der Waals surface area contributed by atoms with Gasteiger partial charge in [0.2, 0.25) is 0 Å². The standard InChI is InChI=1S/C23H24N2O2S/c1-23(2,26)21-13-16(9-11-24-21)18-10-12-25(3)19-14-20(27-22(18)19)15-5-7-17(28-4)8-6-15/h5-14,19,26H,1-4H3. The van der Waals surface area contributed by atoms with E-state index in [9.17, 15) is 5.11 Å². The molecule has 1 atom stereocenters. The molecule has 1 aromatic heterocycles. The Balaban J connectivity index is 1.72. The number of aliphatic hydroxyl groups is 1. The van der Waals surface area contributed by atoms with Crippen molar-refractivity contribution in [2.75, 3.05) is 13.3 Å². The quantitative estimate of drug-likeness (QED) is 0.768. The minimum absolute atomic E-state index is 0.0500. The number of rotatable bonds is 4. The SMILES string of the molecule is CSc1ccc(C2=CC3C(=C(c4ccnc(C(C)(C)O)c4)C=CN3C)O2)cc1. The van der Waals surface area contributed by atoms with Crippen LogP contribution in [0, 0.1) is 0 Å². The Morgan fingerprint density at radius 3 is 2.57 bits per heavy atom. The molecular formula is C23H24N2O2S. The molecule has 0 aliphatic carbocycles. The van der Waals surface area contributed by atoms with Gasteiger partial charge in [0, 0.05) is 35.5 Å². The van der Waals surface area contributed by atoms with Crippen molar-refractivity contribution in [3.63, 3.8) is 0 Å². The van der Waals surface area contributed by atoms with Crippen molar-refractivity contribution in [2.24, 2.45) is 0 Å². The Kier molecular flexibility index (Phi) is 4.81. The lowest BCUT2D eigenvalue weighted by Gasteiger charge is -2.27. The van der Waals surface area contributed by atoms with Crippen LogP contribution in [0.25, 0.3) is 11.3 Å². The molecule has 144 valence electrons. The number of pyridine rings is 1. The zero-order valence-electron chi connectivity index (χ0n) is 16.5. The smallest absolute Gasteiger partial charge is 0.138 e. The molecule has 0 bridgehead atoms. The van der Waals surface area contributed by atoms with Gasteiger partial charge in [0.05, 0.1) is 5.69 Å². The van der Waals surface area contributed by atoms with Crippen molar-refractivity contribution in [2.45, 2.75) is 30.4 Å². The van der Waals surface area contributed by atoms with E-state index in [4.69, 9.17) is 4.74 Å². The molecule has 4 rings (SSSR count). The number of hydrogen-bond acceptors (Lipinski definition) is 5. The predicted molar refractivity (Wildman–Crippen MR) is 114 cm³/mol. The number of fused-ring (bicyclic) bond motifs is 1. The van der Waals surface area contributed by atoms with Gasteiger partial charge >= 0.3 is 0 Å². The topological polar surface area (TPSA) is 45.6 Å². The van der Waals surface area contributed by atoms with Gasteiger partial charge in [0.1, 0.15) is 23.2 Å². The first-order valence-electron chi connectivity index (χ1n) is 9.24. The first-order valence-corrected chi connectivity index (χ1v) is 10.5. The van der Waals surface area contributed by atoms with Gasteiger partial charge in [-0.25, -0.2) is 0 Å². The summed E-state index contributed by atoms with van der Waals surface area (Å²) in [6.07, 6.45) is 10.1. The summed E-state index contributed by atoms with van der Waals surface area (Å²) in [5, 5.41) is 10.3. The highest BCUT2D eigenvalue weighted by Gasteiger charge is 2.32. The molecule has 5 heteroatoms. The molecule has 4 nitrogen and oxygen atoms in total. The molecular weight excluding hydrogens is 368 g/mol. The van der Waals surface area contributed by atoms with Crippen molar-refractivity contribution in [1.29, 1.82) is 0 Å². The van der Waals surface area contributed by atoms with E-state index in [1.807, 2.05) is 19.2 Å². The van der Waals surface area contributed by atoms with E-state index in [1.54, 1.807) is 31.8 Å². The molecule has 3 heterocycles. The van der Waals surface area contributed by atoms with Gasteiger partial charge < -0.3 is 14.7 Å². The molecule has 0 saturated heterocycles. The molecule has 1 unspecified atom stereocenters. The monoisotopic (exact) mass is 392 g/mol. The summed E-state index contributed by atoms with van der Waals surface area (Å²) >= 11 is 1.73. The lowest BCUT2D eigenvalue weighted by molar-refractivity contribution is 0.0738. The maximum atomic E-state index is 10.3. The summed E-state index contributed by atoms with van der Waals surface area (Å²) < 4.78 is 6.35. The van der Waals surface area contributed by atoms with Crippen molar-refractivity contribution in [1.82, 2.24) is 9.88 Å². The van der Waals surface area contributed by atoms with E-state index in [0.29, 0.717) is 5.69 Å². The average Bonchev–Trinajstić information content (AvgIpc) is 3.14. The molecule has 2 aliphatic rings. The summed E-state index contributed by atoms with van der Waals surface area (Å²) in [6, 6.07) is 12.4. The van der Waals surface area contributed by atoms with Gasteiger partial charge in [0.25, 0.3) is 0 Å². The largest absolute Gasteiger partial charge is 0.458 e. The van der Waals surface area contributed by atoms with Crippen LogP contribution in [-0.2, 0) is 10.3 Å². The third-order valence-electron chi connectivity index (χ3n) is 5.05. The fraction of sp³-hybridized carbons (Fsp3) is 0.261. The maximum Gasteiger partial charge on any atom is 0.138 e. The zero-order valence-corrected chi connectivity index (χ0v) is 17.3. The highest BCUT2D eigenvalue weighted by atomic mass is 32.2. The molecule has 2 aliphatic heterocycles. The molecule has 0 amide bonds. The lowest BCUT2D eigenvalue weighted by atomic mass is 9.96. The van der Waals surface area contributed by atoms with Gasteiger partial charge in [-0.1, -0.05) is 12.1 Å². The average molecular weight is 393 g/mol. The number of hydrogen-bond donors (Lipinski definition) is 1. The van der Waals surface area contributed by atoms with Crippen molar-refractivity contribution in [3.8, 4) is 0 Å². The van der Waals surface area contributed by atoms with E-state index >= 15 is 0 Å². The Morgan fingerprint density at radius 2 is 1.89 bits per heavy atom. The van der Waals surface area contributed by atoms with E-state index in [-0.39, 0.29) is 6.04 Å². The number of ether oxygens (including phenoxy) is 1. The minimum Gasteiger partial charge on any atom is -0.458 e. The third kappa shape index (κ3) is 3.48. The van der Waals surface area contributed by atoms with Crippen molar-refractivity contribution < 1.29 is 9.84 Å². The lowest BCUT2D eigenvalue weighted by Crippen LogP contribution is -2.28. The van der Waals surface area contributed by atoms with Crippen LogP contribution >= 0.6 is 11.8 Å². The fourth-order valence-electron chi connectivity index (χ4n) is 3.40. The molecule has 0 fully saturated rings. The van der Waals surface area contributed by atoms with Gasteiger partial charge in [-0.2, -0.15) is 0 Å². The Hall–Kier alpha value is -2.50. The van der Waals surface area contributed by atoms with Crippen LogP contribution in [0.4, 0.5) is 0 Å².